The summed E-state index contributed by atoms with van der Waals surface area (Å²) in [5, 5.41) is 16.4. The summed E-state index contributed by atoms with van der Waals surface area (Å²) in [4.78, 5) is 4.59. The normalized spacial score (nSPS) is 21.5. The Kier molecular flexibility index (Phi) is 6.84. The van der Waals surface area contributed by atoms with Crippen LogP contribution >= 0.6 is 0 Å². The van der Waals surface area contributed by atoms with E-state index in [1.165, 1.54) is 6.07 Å². The summed E-state index contributed by atoms with van der Waals surface area (Å²) in [6.07, 6.45) is 3.66. The van der Waals surface area contributed by atoms with Crippen LogP contribution in [0.2, 0.25) is 0 Å². The Hall–Kier alpha value is -1.62. The molecule has 2 unspecified atom stereocenters. The number of aliphatic hydroxyl groups excluding tert-OH is 1. The molecule has 1 fully saturated rings. The molecule has 0 radical (unpaired) electrons. The van der Waals surface area contributed by atoms with E-state index in [4.69, 9.17) is 0 Å². The van der Waals surface area contributed by atoms with Crippen molar-refractivity contribution in [2.75, 3.05) is 19.6 Å². The van der Waals surface area contributed by atoms with E-state index in [1.807, 2.05) is 19.9 Å². The van der Waals surface area contributed by atoms with Crippen molar-refractivity contribution < 1.29 is 9.50 Å². The lowest BCUT2D eigenvalue weighted by Gasteiger charge is -2.15. The van der Waals surface area contributed by atoms with Gasteiger partial charge in [-0.3, -0.25) is 4.99 Å². The molecule has 0 amide bonds. The number of hydrogen-bond donors (Lipinski definition) is 3. The van der Waals surface area contributed by atoms with Gasteiger partial charge in [0.25, 0.3) is 0 Å². The van der Waals surface area contributed by atoms with Crippen molar-refractivity contribution in [2.24, 2.45) is 10.9 Å². The van der Waals surface area contributed by atoms with E-state index in [0.717, 1.165) is 55.9 Å². The summed E-state index contributed by atoms with van der Waals surface area (Å²) in [5.41, 5.74) is 2.11. The van der Waals surface area contributed by atoms with Gasteiger partial charge < -0.3 is 15.7 Å². The number of rotatable bonds is 6. The highest BCUT2D eigenvalue weighted by Crippen LogP contribution is 2.25. The van der Waals surface area contributed by atoms with Gasteiger partial charge in [0.15, 0.2) is 5.96 Å². The Morgan fingerprint density at radius 1 is 1.35 bits per heavy atom. The van der Waals surface area contributed by atoms with Gasteiger partial charge in [0, 0.05) is 25.6 Å². The van der Waals surface area contributed by atoms with Crippen LogP contribution in [0.4, 0.5) is 4.39 Å². The first-order valence-electron chi connectivity index (χ1n) is 8.55. The third-order valence-electron chi connectivity index (χ3n) is 4.44. The lowest BCUT2D eigenvalue weighted by Crippen LogP contribution is -2.39. The maximum Gasteiger partial charge on any atom is 0.191 e. The van der Waals surface area contributed by atoms with Crippen LogP contribution in [0.3, 0.4) is 0 Å². The first-order valence-corrected chi connectivity index (χ1v) is 8.55. The first kappa shape index (κ1) is 17.7. The Balaban J connectivity index is 1.84. The molecule has 1 aromatic carbocycles. The summed E-state index contributed by atoms with van der Waals surface area (Å²) in [7, 11) is 0. The fourth-order valence-corrected chi connectivity index (χ4v) is 3.04. The van der Waals surface area contributed by atoms with Gasteiger partial charge >= 0.3 is 0 Å². The highest BCUT2D eigenvalue weighted by molar-refractivity contribution is 5.79. The predicted molar refractivity (Wildman–Crippen MR) is 92.2 cm³/mol. The van der Waals surface area contributed by atoms with Crippen LogP contribution in [-0.2, 0) is 6.42 Å². The minimum atomic E-state index is -0.205. The van der Waals surface area contributed by atoms with E-state index in [2.05, 4.69) is 15.6 Å². The van der Waals surface area contributed by atoms with E-state index in [0.29, 0.717) is 6.54 Å². The fourth-order valence-electron chi connectivity index (χ4n) is 3.04. The summed E-state index contributed by atoms with van der Waals surface area (Å²) in [5.74, 6) is 0.875. The van der Waals surface area contributed by atoms with Gasteiger partial charge in [-0.1, -0.05) is 12.5 Å². The maximum absolute atomic E-state index is 13.1. The molecule has 1 aliphatic rings. The highest BCUT2D eigenvalue weighted by atomic mass is 19.1. The zero-order valence-corrected chi connectivity index (χ0v) is 14.1. The largest absolute Gasteiger partial charge is 0.393 e. The van der Waals surface area contributed by atoms with E-state index >= 15 is 0 Å². The number of hydrogen-bond acceptors (Lipinski definition) is 2. The van der Waals surface area contributed by atoms with Crippen LogP contribution in [-0.4, -0.2) is 36.8 Å². The van der Waals surface area contributed by atoms with Gasteiger partial charge in [-0.05, 0) is 56.4 Å². The van der Waals surface area contributed by atoms with Gasteiger partial charge in [-0.25, -0.2) is 4.39 Å². The second kappa shape index (κ2) is 8.87. The minimum Gasteiger partial charge on any atom is -0.393 e. The van der Waals surface area contributed by atoms with Crippen molar-refractivity contribution in [1.29, 1.82) is 0 Å². The molecule has 1 aromatic rings. The van der Waals surface area contributed by atoms with Crippen molar-refractivity contribution in [1.82, 2.24) is 10.6 Å². The number of aryl methyl sites for hydroxylation is 1. The van der Waals surface area contributed by atoms with Gasteiger partial charge in [0.2, 0.25) is 0 Å². The molecule has 5 heteroatoms. The molecule has 0 heterocycles. The lowest BCUT2D eigenvalue weighted by molar-refractivity contribution is 0.136. The summed E-state index contributed by atoms with van der Waals surface area (Å²) in [6.45, 7) is 6.16. The fraction of sp³-hybridized carbons (Fsp3) is 0.611. The molecule has 0 bridgehead atoms. The second-order valence-electron chi connectivity index (χ2n) is 6.23. The van der Waals surface area contributed by atoms with Crippen molar-refractivity contribution in [3.8, 4) is 0 Å². The Morgan fingerprint density at radius 3 is 2.83 bits per heavy atom. The van der Waals surface area contributed by atoms with Crippen LogP contribution < -0.4 is 10.6 Å². The number of benzene rings is 1. The molecule has 0 spiro atoms. The molecule has 128 valence electrons. The molecule has 3 N–H and O–H groups in total. The van der Waals surface area contributed by atoms with E-state index < -0.39 is 0 Å². The van der Waals surface area contributed by atoms with Crippen LogP contribution in [0.1, 0.15) is 37.3 Å². The summed E-state index contributed by atoms with van der Waals surface area (Å²) >= 11 is 0. The minimum absolute atomic E-state index is 0.191. The molecule has 0 saturated heterocycles. The standard InChI is InChI=1S/C18H28FN3O/c1-3-20-18(22-12-15-5-4-6-17(15)23)21-10-9-14-7-8-16(19)11-13(14)2/h7-8,11,15,17,23H,3-6,9-10,12H2,1-2H3,(H2,20,21,22). The summed E-state index contributed by atoms with van der Waals surface area (Å²) in [6, 6.07) is 4.91. The van der Waals surface area contributed by atoms with Gasteiger partial charge in [-0.15, -0.1) is 0 Å². The highest BCUT2D eigenvalue weighted by Gasteiger charge is 2.24. The van der Waals surface area contributed by atoms with Gasteiger partial charge in [-0.2, -0.15) is 0 Å². The number of nitrogens with zero attached hydrogens (tertiary/aromatic N) is 1. The van der Waals surface area contributed by atoms with Gasteiger partial charge in [0.05, 0.1) is 6.10 Å². The summed E-state index contributed by atoms with van der Waals surface area (Å²) < 4.78 is 13.1. The molecule has 1 aliphatic carbocycles. The van der Waals surface area contributed by atoms with E-state index in [1.54, 1.807) is 6.07 Å². The average Bonchev–Trinajstić information content (AvgIpc) is 2.92. The molecule has 2 rings (SSSR count). The van der Waals surface area contributed by atoms with Crippen molar-refractivity contribution >= 4 is 5.96 Å². The maximum atomic E-state index is 13.1. The quantitative estimate of drug-likeness (QED) is 0.557. The van der Waals surface area contributed by atoms with E-state index in [-0.39, 0.29) is 17.8 Å². The molecule has 23 heavy (non-hydrogen) atoms. The molecule has 1 saturated carbocycles. The third-order valence-corrected chi connectivity index (χ3v) is 4.44. The van der Waals surface area contributed by atoms with Crippen LogP contribution in [0.25, 0.3) is 0 Å². The zero-order valence-electron chi connectivity index (χ0n) is 14.1. The molecular formula is C18H28FN3O. The van der Waals surface area contributed by atoms with Crippen LogP contribution in [0.5, 0.6) is 0 Å². The SMILES string of the molecule is CCNC(=NCC1CCCC1O)NCCc1ccc(F)cc1C. The smallest absolute Gasteiger partial charge is 0.191 e. The zero-order chi connectivity index (χ0) is 16.7. The number of guanidine groups is 1. The lowest BCUT2D eigenvalue weighted by atomic mass is 10.1. The van der Waals surface area contributed by atoms with Crippen molar-refractivity contribution in [3.63, 3.8) is 0 Å². The van der Waals surface area contributed by atoms with Crippen LogP contribution in [0, 0.1) is 18.7 Å². The number of aliphatic hydroxyl groups is 1. The topological polar surface area (TPSA) is 56.7 Å². The molecule has 2 atom stereocenters. The third kappa shape index (κ3) is 5.50. The van der Waals surface area contributed by atoms with Crippen molar-refractivity contribution in [3.05, 3.63) is 35.1 Å². The molecule has 0 aromatic heterocycles. The number of nitrogens with one attached hydrogen (secondary N) is 2. The number of aliphatic imine (C=N–C) groups is 1. The second-order valence-corrected chi connectivity index (χ2v) is 6.23. The Bertz CT molecular complexity index is 533. The first-order chi connectivity index (χ1) is 11.1. The Morgan fingerprint density at radius 2 is 2.17 bits per heavy atom. The van der Waals surface area contributed by atoms with Crippen LogP contribution in [0.15, 0.2) is 23.2 Å². The molecule has 0 aliphatic heterocycles. The monoisotopic (exact) mass is 321 g/mol. The Labute approximate surface area is 138 Å². The molecular weight excluding hydrogens is 293 g/mol. The predicted octanol–water partition coefficient (Wildman–Crippen LogP) is 2.39. The molecule has 4 nitrogen and oxygen atoms in total. The average molecular weight is 321 g/mol. The van der Waals surface area contributed by atoms with Gasteiger partial charge in [0.1, 0.15) is 5.82 Å². The van der Waals surface area contributed by atoms with Crippen molar-refractivity contribution in [2.45, 2.75) is 45.6 Å². The van der Waals surface area contributed by atoms with E-state index in [9.17, 15) is 9.50 Å². The number of halogens is 1.